The molecule has 8 heteroatoms. The quantitative estimate of drug-likeness (QED) is 0.861. The number of aliphatic hydroxyl groups is 1. The maximum Gasteiger partial charge on any atom is 0.263 e. The highest BCUT2D eigenvalue weighted by Gasteiger charge is 2.19. The molecule has 0 atom stereocenters. The van der Waals surface area contributed by atoms with Crippen molar-refractivity contribution in [3.05, 3.63) is 57.0 Å². The summed E-state index contributed by atoms with van der Waals surface area (Å²) in [7, 11) is -3.90. The number of hydrogen-bond acceptors (Lipinski definition) is 3. The van der Waals surface area contributed by atoms with Gasteiger partial charge in [0.05, 0.1) is 27.4 Å². The molecule has 21 heavy (non-hydrogen) atoms. The number of anilines is 1. The zero-order valence-electron chi connectivity index (χ0n) is 10.5. The van der Waals surface area contributed by atoms with Gasteiger partial charge in [0.25, 0.3) is 10.0 Å². The van der Waals surface area contributed by atoms with Gasteiger partial charge in [-0.25, -0.2) is 8.42 Å². The molecule has 2 N–H and O–H groups in total. The van der Waals surface area contributed by atoms with Crippen LogP contribution in [0.2, 0.25) is 15.1 Å². The van der Waals surface area contributed by atoms with Crippen LogP contribution in [-0.2, 0) is 16.6 Å². The third-order valence-corrected chi connectivity index (χ3v) is 5.24. The zero-order chi connectivity index (χ0) is 15.6. The summed E-state index contributed by atoms with van der Waals surface area (Å²) in [5, 5.41) is 9.69. The minimum absolute atomic E-state index is 0.0553. The Morgan fingerprint density at radius 3 is 2.24 bits per heavy atom. The van der Waals surface area contributed by atoms with E-state index in [1.165, 1.54) is 30.3 Å². The highest BCUT2D eigenvalue weighted by Crippen LogP contribution is 2.28. The van der Waals surface area contributed by atoms with Crippen molar-refractivity contribution in [3.8, 4) is 0 Å². The lowest BCUT2D eigenvalue weighted by Gasteiger charge is -2.11. The van der Waals surface area contributed by atoms with Crippen molar-refractivity contribution in [2.45, 2.75) is 11.5 Å². The standard InChI is InChI=1S/C13H10Cl3NO3S/c14-10-4-2-9(6-12(10)16)17-21(19,20)13-5-8(7-18)1-3-11(13)15/h1-6,17-18H,7H2. The van der Waals surface area contributed by atoms with Crippen LogP contribution >= 0.6 is 34.8 Å². The Labute approximate surface area is 137 Å². The number of sulfonamides is 1. The molecule has 0 aliphatic heterocycles. The molecule has 0 saturated heterocycles. The van der Waals surface area contributed by atoms with Gasteiger partial charge in [0.15, 0.2) is 0 Å². The second-order valence-electron chi connectivity index (χ2n) is 4.16. The summed E-state index contributed by atoms with van der Waals surface area (Å²) in [6.07, 6.45) is 0. The predicted octanol–water partition coefficient (Wildman–Crippen LogP) is 3.94. The monoisotopic (exact) mass is 365 g/mol. The van der Waals surface area contributed by atoms with Gasteiger partial charge in [0.2, 0.25) is 0 Å². The van der Waals surface area contributed by atoms with Gasteiger partial charge in [-0.05, 0) is 35.9 Å². The molecule has 2 rings (SSSR count). The second kappa shape index (κ2) is 6.42. The lowest BCUT2D eigenvalue weighted by atomic mass is 10.2. The van der Waals surface area contributed by atoms with Crippen LogP contribution < -0.4 is 4.72 Å². The first-order chi connectivity index (χ1) is 9.83. The summed E-state index contributed by atoms with van der Waals surface area (Å²) in [4.78, 5) is -0.123. The highest BCUT2D eigenvalue weighted by molar-refractivity contribution is 7.92. The number of halogens is 3. The first kappa shape index (κ1) is 16.4. The van der Waals surface area contributed by atoms with Gasteiger partial charge in [-0.15, -0.1) is 0 Å². The minimum Gasteiger partial charge on any atom is -0.392 e. The molecule has 4 nitrogen and oxygen atoms in total. The average molecular weight is 367 g/mol. The van der Waals surface area contributed by atoms with E-state index in [9.17, 15) is 8.42 Å². The molecule has 0 amide bonds. The van der Waals surface area contributed by atoms with Gasteiger partial charge in [0.1, 0.15) is 4.90 Å². The summed E-state index contributed by atoms with van der Waals surface area (Å²) in [6, 6.07) is 8.62. The fraction of sp³-hybridized carbons (Fsp3) is 0.0769. The second-order valence-corrected chi connectivity index (χ2v) is 7.03. The molecule has 0 spiro atoms. The van der Waals surface area contributed by atoms with E-state index in [0.29, 0.717) is 10.6 Å². The lowest BCUT2D eigenvalue weighted by Crippen LogP contribution is -2.14. The van der Waals surface area contributed by atoms with Gasteiger partial charge < -0.3 is 5.11 Å². The van der Waals surface area contributed by atoms with Crippen molar-refractivity contribution in [1.82, 2.24) is 0 Å². The molecule has 0 bridgehead atoms. The Morgan fingerprint density at radius 2 is 1.62 bits per heavy atom. The largest absolute Gasteiger partial charge is 0.392 e. The smallest absolute Gasteiger partial charge is 0.263 e. The topological polar surface area (TPSA) is 66.4 Å². The van der Waals surface area contributed by atoms with Crippen molar-refractivity contribution in [2.24, 2.45) is 0 Å². The summed E-state index contributed by atoms with van der Waals surface area (Å²) in [5.41, 5.74) is 0.698. The number of hydrogen-bond donors (Lipinski definition) is 2. The van der Waals surface area contributed by atoms with E-state index in [-0.39, 0.29) is 27.2 Å². The maximum absolute atomic E-state index is 12.3. The van der Waals surface area contributed by atoms with Crippen molar-refractivity contribution < 1.29 is 13.5 Å². The summed E-state index contributed by atoms with van der Waals surface area (Å²) in [6.45, 7) is -0.285. The van der Waals surface area contributed by atoms with Crippen LogP contribution in [0.1, 0.15) is 5.56 Å². The van der Waals surface area contributed by atoms with Crippen LogP contribution in [0.3, 0.4) is 0 Å². The van der Waals surface area contributed by atoms with Gasteiger partial charge in [-0.3, -0.25) is 4.72 Å². The molecule has 0 aromatic heterocycles. The van der Waals surface area contributed by atoms with E-state index in [4.69, 9.17) is 39.9 Å². The van der Waals surface area contributed by atoms with Gasteiger partial charge in [-0.1, -0.05) is 40.9 Å². The SMILES string of the molecule is O=S(=O)(Nc1ccc(Cl)c(Cl)c1)c1cc(CO)ccc1Cl. The molecule has 2 aromatic carbocycles. The van der Waals surface area contributed by atoms with E-state index < -0.39 is 10.0 Å². The number of aliphatic hydroxyl groups excluding tert-OH is 1. The molecule has 0 radical (unpaired) electrons. The molecular weight excluding hydrogens is 357 g/mol. The first-order valence-corrected chi connectivity index (χ1v) is 8.32. The molecule has 2 aromatic rings. The third-order valence-electron chi connectivity index (χ3n) is 2.64. The molecule has 0 unspecified atom stereocenters. The van der Waals surface area contributed by atoms with Crippen molar-refractivity contribution in [3.63, 3.8) is 0 Å². The predicted molar refractivity (Wildman–Crippen MR) is 84.6 cm³/mol. The van der Waals surface area contributed by atoms with Crippen LogP contribution in [0.4, 0.5) is 5.69 Å². The van der Waals surface area contributed by atoms with Crippen LogP contribution in [-0.4, -0.2) is 13.5 Å². The van der Waals surface area contributed by atoms with E-state index in [2.05, 4.69) is 4.72 Å². The number of nitrogens with one attached hydrogen (secondary N) is 1. The molecule has 0 aliphatic rings. The first-order valence-electron chi connectivity index (χ1n) is 5.70. The Bertz CT molecular complexity index is 778. The lowest BCUT2D eigenvalue weighted by molar-refractivity contribution is 0.281. The fourth-order valence-corrected chi connectivity index (χ4v) is 3.52. The number of benzene rings is 2. The van der Waals surface area contributed by atoms with Gasteiger partial charge in [-0.2, -0.15) is 0 Å². The van der Waals surface area contributed by atoms with Crippen LogP contribution in [0.5, 0.6) is 0 Å². The summed E-state index contributed by atoms with van der Waals surface area (Å²) in [5.74, 6) is 0. The molecular formula is C13H10Cl3NO3S. The number of rotatable bonds is 4. The van der Waals surface area contributed by atoms with Crippen LogP contribution in [0, 0.1) is 0 Å². The van der Waals surface area contributed by atoms with Crippen molar-refractivity contribution >= 4 is 50.5 Å². The molecule has 0 saturated carbocycles. The maximum atomic E-state index is 12.3. The molecule has 112 valence electrons. The van der Waals surface area contributed by atoms with Gasteiger partial charge >= 0.3 is 0 Å². The fourth-order valence-electron chi connectivity index (χ4n) is 1.62. The minimum atomic E-state index is -3.90. The average Bonchev–Trinajstić information content (AvgIpc) is 2.43. The van der Waals surface area contributed by atoms with Crippen molar-refractivity contribution in [1.29, 1.82) is 0 Å². The van der Waals surface area contributed by atoms with E-state index in [1.807, 2.05) is 0 Å². The van der Waals surface area contributed by atoms with E-state index in [0.717, 1.165) is 0 Å². The zero-order valence-corrected chi connectivity index (χ0v) is 13.6. The Hall–Kier alpha value is -0.980. The van der Waals surface area contributed by atoms with Crippen LogP contribution in [0.25, 0.3) is 0 Å². The van der Waals surface area contributed by atoms with Crippen LogP contribution in [0.15, 0.2) is 41.3 Å². The third kappa shape index (κ3) is 3.81. The molecule has 0 aliphatic carbocycles. The molecule has 0 heterocycles. The Balaban J connectivity index is 2.40. The van der Waals surface area contributed by atoms with E-state index in [1.54, 1.807) is 6.07 Å². The summed E-state index contributed by atoms with van der Waals surface area (Å²) < 4.78 is 27.0. The normalized spacial score (nSPS) is 11.4. The van der Waals surface area contributed by atoms with E-state index >= 15 is 0 Å². The molecule has 0 fully saturated rings. The highest BCUT2D eigenvalue weighted by atomic mass is 35.5. The Kier molecular flexibility index (Phi) is 5.01. The van der Waals surface area contributed by atoms with Crippen molar-refractivity contribution in [2.75, 3.05) is 4.72 Å². The van der Waals surface area contributed by atoms with Gasteiger partial charge in [0, 0.05) is 0 Å². The summed E-state index contributed by atoms with van der Waals surface area (Å²) >= 11 is 17.5. The Morgan fingerprint density at radius 1 is 0.952 bits per heavy atom.